The lowest BCUT2D eigenvalue weighted by Crippen LogP contribution is -2.26. The zero-order valence-electron chi connectivity index (χ0n) is 10.2. The zero-order valence-corrected chi connectivity index (χ0v) is 11.0. The van der Waals surface area contributed by atoms with Gasteiger partial charge in [-0.25, -0.2) is 0 Å². The molecule has 2 rings (SSSR count). The van der Waals surface area contributed by atoms with Crippen molar-refractivity contribution in [1.29, 1.82) is 0 Å². The Hall–Kier alpha value is -1.17. The Morgan fingerprint density at radius 3 is 2.82 bits per heavy atom. The molecule has 0 saturated heterocycles. The van der Waals surface area contributed by atoms with Crippen LogP contribution in [0.4, 0.5) is 17.6 Å². The third-order valence-corrected chi connectivity index (χ3v) is 4.26. The predicted molar refractivity (Wildman–Crippen MR) is 74.6 cm³/mol. The first-order valence-corrected chi connectivity index (χ1v) is 7.13. The van der Waals surface area contributed by atoms with Crippen LogP contribution in [0.2, 0.25) is 0 Å². The fourth-order valence-electron chi connectivity index (χ4n) is 2.23. The van der Waals surface area contributed by atoms with E-state index in [0.717, 1.165) is 11.6 Å². The van der Waals surface area contributed by atoms with Crippen LogP contribution < -0.4 is 16.4 Å². The van der Waals surface area contributed by atoms with Crippen molar-refractivity contribution in [1.82, 2.24) is 9.97 Å². The van der Waals surface area contributed by atoms with Crippen molar-refractivity contribution in [3.63, 3.8) is 0 Å². The van der Waals surface area contributed by atoms with Gasteiger partial charge in [0, 0.05) is 24.4 Å². The largest absolute Gasteiger partial charge is 0.373 e. The summed E-state index contributed by atoms with van der Waals surface area (Å²) in [5, 5.41) is 7.12. The second-order valence-corrected chi connectivity index (χ2v) is 5.28. The molecule has 0 radical (unpaired) electrons. The van der Waals surface area contributed by atoms with Gasteiger partial charge in [0.1, 0.15) is 11.6 Å². The molecule has 17 heavy (non-hydrogen) atoms. The summed E-state index contributed by atoms with van der Waals surface area (Å²) in [7, 11) is 1.83. The fourth-order valence-corrected chi connectivity index (χ4v) is 3.17. The highest BCUT2D eigenvalue weighted by Gasteiger charge is 2.26. The number of rotatable bonds is 4. The van der Waals surface area contributed by atoms with Gasteiger partial charge in [0.05, 0.1) is 0 Å². The molecule has 1 aromatic rings. The SMILES string of the molecule is CNc1cc(NC2CCCC2SC)nc(N)n1. The summed E-state index contributed by atoms with van der Waals surface area (Å²) in [6.45, 7) is 0. The molecule has 1 heterocycles. The number of anilines is 3. The number of aromatic nitrogens is 2. The highest BCUT2D eigenvalue weighted by molar-refractivity contribution is 7.99. The number of nitrogens with two attached hydrogens (primary N) is 1. The molecule has 0 bridgehead atoms. The van der Waals surface area contributed by atoms with Crippen LogP contribution in [0.5, 0.6) is 0 Å². The highest BCUT2D eigenvalue weighted by Crippen LogP contribution is 2.30. The average molecular weight is 253 g/mol. The average Bonchev–Trinajstić information content (AvgIpc) is 2.75. The van der Waals surface area contributed by atoms with Crippen molar-refractivity contribution >= 4 is 29.3 Å². The van der Waals surface area contributed by atoms with Gasteiger partial charge in [0.25, 0.3) is 0 Å². The second-order valence-electron chi connectivity index (χ2n) is 4.20. The van der Waals surface area contributed by atoms with Gasteiger partial charge in [-0.15, -0.1) is 0 Å². The van der Waals surface area contributed by atoms with Crippen LogP contribution in [0.25, 0.3) is 0 Å². The third-order valence-electron chi connectivity index (χ3n) is 3.09. The Balaban J connectivity index is 2.09. The maximum absolute atomic E-state index is 5.67. The van der Waals surface area contributed by atoms with E-state index in [1.165, 1.54) is 19.3 Å². The first kappa shape index (κ1) is 12.3. The minimum absolute atomic E-state index is 0.304. The molecule has 1 aliphatic rings. The van der Waals surface area contributed by atoms with Gasteiger partial charge in [-0.3, -0.25) is 0 Å². The van der Waals surface area contributed by atoms with E-state index in [9.17, 15) is 0 Å². The smallest absolute Gasteiger partial charge is 0.223 e. The minimum atomic E-state index is 0.304. The normalized spacial score (nSPS) is 23.6. The van der Waals surface area contributed by atoms with Crippen LogP contribution in [0.1, 0.15) is 19.3 Å². The summed E-state index contributed by atoms with van der Waals surface area (Å²) in [4.78, 5) is 8.30. The molecule has 6 heteroatoms. The van der Waals surface area contributed by atoms with Gasteiger partial charge in [-0.1, -0.05) is 6.42 Å². The Kier molecular flexibility index (Phi) is 3.93. The van der Waals surface area contributed by atoms with Crippen LogP contribution in [-0.4, -0.2) is 34.6 Å². The summed E-state index contributed by atoms with van der Waals surface area (Å²) in [5.41, 5.74) is 5.67. The molecule has 94 valence electrons. The lowest BCUT2D eigenvalue weighted by Gasteiger charge is -2.20. The van der Waals surface area contributed by atoms with Crippen molar-refractivity contribution in [2.75, 3.05) is 29.7 Å². The molecule has 1 saturated carbocycles. The van der Waals surface area contributed by atoms with E-state index in [0.29, 0.717) is 17.2 Å². The van der Waals surface area contributed by atoms with Gasteiger partial charge in [-0.05, 0) is 19.1 Å². The van der Waals surface area contributed by atoms with Crippen LogP contribution in [0.15, 0.2) is 6.07 Å². The van der Waals surface area contributed by atoms with Gasteiger partial charge in [0.15, 0.2) is 0 Å². The van der Waals surface area contributed by atoms with Crippen LogP contribution >= 0.6 is 11.8 Å². The maximum Gasteiger partial charge on any atom is 0.223 e. The van der Waals surface area contributed by atoms with Crippen molar-refractivity contribution < 1.29 is 0 Å². The molecule has 1 aliphatic carbocycles. The Morgan fingerprint density at radius 1 is 1.35 bits per heavy atom. The van der Waals surface area contributed by atoms with E-state index in [1.807, 2.05) is 24.9 Å². The van der Waals surface area contributed by atoms with E-state index in [1.54, 1.807) is 0 Å². The molecule has 0 aliphatic heterocycles. The van der Waals surface area contributed by atoms with Gasteiger partial charge < -0.3 is 16.4 Å². The molecule has 4 N–H and O–H groups in total. The summed E-state index contributed by atoms with van der Waals surface area (Å²) in [6.07, 6.45) is 5.92. The van der Waals surface area contributed by atoms with Crippen molar-refractivity contribution in [2.45, 2.75) is 30.6 Å². The van der Waals surface area contributed by atoms with Crippen LogP contribution in [0, 0.1) is 0 Å². The number of thioether (sulfide) groups is 1. The molecule has 0 amide bonds. The second kappa shape index (κ2) is 5.44. The van der Waals surface area contributed by atoms with Crippen molar-refractivity contribution in [3.8, 4) is 0 Å². The zero-order chi connectivity index (χ0) is 12.3. The topological polar surface area (TPSA) is 75.9 Å². The number of hydrogen-bond donors (Lipinski definition) is 3. The summed E-state index contributed by atoms with van der Waals surface area (Å²) < 4.78 is 0. The van der Waals surface area contributed by atoms with E-state index in [2.05, 4.69) is 26.9 Å². The first-order chi connectivity index (χ1) is 8.22. The lowest BCUT2D eigenvalue weighted by atomic mass is 10.2. The summed E-state index contributed by atoms with van der Waals surface area (Å²) in [5.74, 6) is 1.87. The van der Waals surface area contributed by atoms with E-state index in [4.69, 9.17) is 5.73 Å². The van der Waals surface area contributed by atoms with Gasteiger partial charge in [0.2, 0.25) is 5.95 Å². The summed E-state index contributed by atoms with van der Waals surface area (Å²) >= 11 is 1.92. The molecule has 0 aromatic carbocycles. The third kappa shape index (κ3) is 2.94. The minimum Gasteiger partial charge on any atom is -0.373 e. The standard InChI is InChI=1S/C11H19N5S/c1-13-9-6-10(16-11(12)15-9)14-7-4-3-5-8(7)17-2/h6-8H,3-5H2,1-2H3,(H4,12,13,14,15,16). The van der Waals surface area contributed by atoms with Crippen LogP contribution in [0.3, 0.4) is 0 Å². The van der Waals surface area contributed by atoms with E-state index < -0.39 is 0 Å². The number of hydrogen-bond acceptors (Lipinski definition) is 6. The van der Waals surface area contributed by atoms with Crippen molar-refractivity contribution in [2.24, 2.45) is 0 Å². The lowest BCUT2D eigenvalue weighted by molar-refractivity contribution is 0.763. The number of nitrogens with zero attached hydrogens (tertiary/aromatic N) is 2. The van der Waals surface area contributed by atoms with Gasteiger partial charge >= 0.3 is 0 Å². The van der Waals surface area contributed by atoms with Crippen molar-refractivity contribution in [3.05, 3.63) is 6.07 Å². The Bertz CT molecular complexity index is 384. The summed E-state index contributed by atoms with van der Waals surface area (Å²) in [6, 6.07) is 2.38. The van der Waals surface area contributed by atoms with Gasteiger partial charge in [-0.2, -0.15) is 21.7 Å². The fraction of sp³-hybridized carbons (Fsp3) is 0.636. The van der Waals surface area contributed by atoms with E-state index in [-0.39, 0.29) is 0 Å². The van der Waals surface area contributed by atoms with E-state index >= 15 is 0 Å². The van der Waals surface area contributed by atoms with Crippen LogP contribution in [-0.2, 0) is 0 Å². The molecule has 1 fully saturated rings. The predicted octanol–water partition coefficient (Wildman–Crippen LogP) is 1.80. The molecule has 2 unspecified atom stereocenters. The Labute approximate surface area is 106 Å². The maximum atomic E-state index is 5.67. The number of nitrogen functional groups attached to an aromatic ring is 1. The highest BCUT2D eigenvalue weighted by atomic mass is 32.2. The molecular weight excluding hydrogens is 234 g/mol. The Morgan fingerprint density at radius 2 is 2.12 bits per heavy atom. The first-order valence-electron chi connectivity index (χ1n) is 5.84. The molecule has 1 aromatic heterocycles. The molecule has 5 nitrogen and oxygen atoms in total. The molecule has 2 atom stereocenters. The monoisotopic (exact) mass is 253 g/mol. The quantitative estimate of drug-likeness (QED) is 0.759. The molecule has 0 spiro atoms. The number of nitrogens with one attached hydrogen (secondary N) is 2. The molecular formula is C11H19N5S.